The van der Waals surface area contributed by atoms with E-state index in [2.05, 4.69) is 0 Å². The van der Waals surface area contributed by atoms with Crippen molar-refractivity contribution in [3.63, 3.8) is 0 Å². The Morgan fingerprint density at radius 2 is 2.06 bits per heavy atom. The SMILES string of the molecule is CCC1OC=CC(COc2ccccc2)O1. The zero-order valence-electron chi connectivity index (χ0n) is 9.34. The second-order valence-electron chi connectivity index (χ2n) is 3.60. The Labute approximate surface area is 95.6 Å². The Morgan fingerprint density at radius 3 is 2.81 bits per heavy atom. The number of ether oxygens (including phenoxy) is 3. The van der Waals surface area contributed by atoms with Gasteiger partial charge in [-0.05, 0) is 18.2 Å². The van der Waals surface area contributed by atoms with Gasteiger partial charge in [-0.3, -0.25) is 0 Å². The van der Waals surface area contributed by atoms with E-state index >= 15 is 0 Å². The van der Waals surface area contributed by atoms with Crippen LogP contribution in [-0.4, -0.2) is 19.0 Å². The number of hydrogen-bond acceptors (Lipinski definition) is 3. The van der Waals surface area contributed by atoms with Crippen LogP contribution < -0.4 is 4.74 Å². The van der Waals surface area contributed by atoms with E-state index < -0.39 is 0 Å². The molecule has 3 heteroatoms. The van der Waals surface area contributed by atoms with Crippen LogP contribution in [0.3, 0.4) is 0 Å². The zero-order chi connectivity index (χ0) is 11.2. The van der Waals surface area contributed by atoms with E-state index in [1.165, 1.54) is 0 Å². The van der Waals surface area contributed by atoms with Gasteiger partial charge >= 0.3 is 0 Å². The molecular weight excluding hydrogens is 204 g/mol. The lowest BCUT2D eigenvalue weighted by Gasteiger charge is -2.25. The van der Waals surface area contributed by atoms with Gasteiger partial charge in [0.2, 0.25) is 0 Å². The van der Waals surface area contributed by atoms with Gasteiger partial charge in [0, 0.05) is 6.42 Å². The van der Waals surface area contributed by atoms with Gasteiger partial charge in [-0.15, -0.1) is 0 Å². The van der Waals surface area contributed by atoms with Crippen LogP contribution in [0.1, 0.15) is 13.3 Å². The molecule has 2 atom stereocenters. The molecule has 0 saturated carbocycles. The van der Waals surface area contributed by atoms with Gasteiger partial charge in [-0.2, -0.15) is 0 Å². The molecule has 0 saturated heterocycles. The van der Waals surface area contributed by atoms with Crippen molar-refractivity contribution in [3.05, 3.63) is 42.7 Å². The van der Waals surface area contributed by atoms with Gasteiger partial charge in [0.1, 0.15) is 18.5 Å². The molecule has 0 N–H and O–H groups in total. The van der Waals surface area contributed by atoms with Crippen molar-refractivity contribution < 1.29 is 14.2 Å². The highest BCUT2D eigenvalue weighted by Gasteiger charge is 2.17. The minimum absolute atomic E-state index is 0.0288. The molecule has 0 aliphatic carbocycles. The Kier molecular flexibility index (Phi) is 3.83. The summed E-state index contributed by atoms with van der Waals surface area (Å²) < 4.78 is 16.5. The molecule has 0 bridgehead atoms. The van der Waals surface area contributed by atoms with Crippen molar-refractivity contribution in [2.45, 2.75) is 25.7 Å². The summed E-state index contributed by atoms with van der Waals surface area (Å²) in [6, 6.07) is 9.72. The Morgan fingerprint density at radius 1 is 1.25 bits per heavy atom. The second kappa shape index (κ2) is 5.56. The molecular formula is C13H16O3. The predicted octanol–water partition coefficient (Wildman–Crippen LogP) is 2.73. The third-order valence-electron chi connectivity index (χ3n) is 2.34. The van der Waals surface area contributed by atoms with Crippen LogP contribution in [0.5, 0.6) is 5.75 Å². The van der Waals surface area contributed by atoms with E-state index in [1.807, 2.05) is 43.3 Å². The molecule has 0 aromatic heterocycles. The van der Waals surface area contributed by atoms with Crippen LogP contribution in [-0.2, 0) is 9.47 Å². The summed E-state index contributed by atoms with van der Waals surface area (Å²) in [4.78, 5) is 0. The van der Waals surface area contributed by atoms with Crippen LogP contribution in [0.2, 0.25) is 0 Å². The fraction of sp³-hybridized carbons (Fsp3) is 0.385. The Hall–Kier alpha value is -1.48. The lowest BCUT2D eigenvalue weighted by molar-refractivity contribution is -0.151. The predicted molar refractivity (Wildman–Crippen MR) is 61.1 cm³/mol. The van der Waals surface area contributed by atoms with Crippen molar-refractivity contribution >= 4 is 0 Å². The van der Waals surface area contributed by atoms with Gasteiger partial charge in [0.25, 0.3) is 0 Å². The summed E-state index contributed by atoms with van der Waals surface area (Å²) >= 11 is 0. The lowest BCUT2D eigenvalue weighted by atomic mass is 10.3. The van der Waals surface area contributed by atoms with Crippen molar-refractivity contribution in [2.24, 2.45) is 0 Å². The minimum Gasteiger partial charge on any atom is -0.491 e. The van der Waals surface area contributed by atoms with Gasteiger partial charge < -0.3 is 14.2 Å². The van der Waals surface area contributed by atoms with Crippen molar-refractivity contribution in [3.8, 4) is 5.75 Å². The first-order valence-corrected chi connectivity index (χ1v) is 5.54. The molecule has 0 spiro atoms. The molecule has 0 radical (unpaired) electrons. The van der Waals surface area contributed by atoms with E-state index in [-0.39, 0.29) is 12.4 Å². The molecule has 16 heavy (non-hydrogen) atoms. The molecule has 2 unspecified atom stereocenters. The Balaban J connectivity index is 1.82. The first-order valence-electron chi connectivity index (χ1n) is 5.54. The second-order valence-corrected chi connectivity index (χ2v) is 3.60. The highest BCUT2D eigenvalue weighted by atomic mass is 16.7. The summed E-state index contributed by atoms with van der Waals surface area (Å²) in [5.74, 6) is 0.860. The van der Waals surface area contributed by atoms with Crippen molar-refractivity contribution in [2.75, 3.05) is 6.61 Å². The average Bonchev–Trinajstić information content (AvgIpc) is 2.38. The van der Waals surface area contributed by atoms with Crippen LogP contribution in [0.4, 0.5) is 0 Å². The fourth-order valence-electron chi connectivity index (χ4n) is 1.48. The third kappa shape index (κ3) is 3.00. The van der Waals surface area contributed by atoms with Gasteiger partial charge in [0.05, 0.1) is 6.26 Å². The molecule has 2 rings (SSSR count). The molecule has 0 fully saturated rings. The molecule has 1 aliphatic heterocycles. The molecule has 1 aromatic carbocycles. The highest BCUT2D eigenvalue weighted by molar-refractivity contribution is 5.21. The van der Waals surface area contributed by atoms with Gasteiger partial charge in [-0.1, -0.05) is 25.1 Å². The Bertz CT molecular complexity index is 334. The quantitative estimate of drug-likeness (QED) is 0.780. The summed E-state index contributed by atoms with van der Waals surface area (Å²) in [5.41, 5.74) is 0. The van der Waals surface area contributed by atoms with Crippen LogP contribution in [0.25, 0.3) is 0 Å². The fourth-order valence-corrected chi connectivity index (χ4v) is 1.48. The highest BCUT2D eigenvalue weighted by Crippen LogP contribution is 2.14. The van der Waals surface area contributed by atoms with E-state index in [1.54, 1.807) is 6.26 Å². The maximum absolute atomic E-state index is 5.62. The molecule has 0 amide bonds. The molecule has 1 aliphatic rings. The van der Waals surface area contributed by atoms with Crippen LogP contribution in [0, 0.1) is 0 Å². The van der Waals surface area contributed by atoms with Crippen LogP contribution in [0.15, 0.2) is 42.7 Å². The van der Waals surface area contributed by atoms with Crippen molar-refractivity contribution in [1.82, 2.24) is 0 Å². The standard InChI is InChI=1S/C13H16O3/c1-2-13-14-9-8-12(16-13)10-15-11-6-4-3-5-7-11/h3-9,12-13H,2,10H2,1H3. The minimum atomic E-state index is -0.144. The summed E-state index contributed by atoms with van der Waals surface area (Å²) in [7, 11) is 0. The summed E-state index contributed by atoms with van der Waals surface area (Å²) in [6.45, 7) is 2.54. The number of rotatable bonds is 4. The van der Waals surface area contributed by atoms with E-state index in [4.69, 9.17) is 14.2 Å². The zero-order valence-corrected chi connectivity index (χ0v) is 9.34. The normalized spacial score (nSPS) is 23.8. The average molecular weight is 220 g/mol. The van der Waals surface area contributed by atoms with Gasteiger partial charge in [0.15, 0.2) is 6.29 Å². The molecule has 86 valence electrons. The lowest BCUT2D eigenvalue weighted by Crippen LogP contribution is -2.29. The topological polar surface area (TPSA) is 27.7 Å². The van der Waals surface area contributed by atoms with Crippen molar-refractivity contribution in [1.29, 1.82) is 0 Å². The van der Waals surface area contributed by atoms with E-state index in [0.29, 0.717) is 6.61 Å². The number of para-hydroxylation sites is 1. The van der Waals surface area contributed by atoms with Crippen LogP contribution >= 0.6 is 0 Å². The number of hydrogen-bond donors (Lipinski definition) is 0. The maximum Gasteiger partial charge on any atom is 0.199 e. The summed E-state index contributed by atoms with van der Waals surface area (Å²) in [5, 5.41) is 0. The first kappa shape index (κ1) is 11.0. The van der Waals surface area contributed by atoms with E-state index in [0.717, 1.165) is 12.2 Å². The molecule has 1 aromatic rings. The molecule has 1 heterocycles. The van der Waals surface area contributed by atoms with Gasteiger partial charge in [-0.25, -0.2) is 0 Å². The number of benzene rings is 1. The largest absolute Gasteiger partial charge is 0.491 e. The first-order chi connectivity index (χ1) is 7.88. The van der Waals surface area contributed by atoms with E-state index in [9.17, 15) is 0 Å². The molecule has 3 nitrogen and oxygen atoms in total. The third-order valence-corrected chi connectivity index (χ3v) is 2.34. The maximum atomic E-state index is 5.62. The summed E-state index contributed by atoms with van der Waals surface area (Å²) in [6.07, 6.45) is 4.23. The smallest absolute Gasteiger partial charge is 0.199 e. The monoisotopic (exact) mass is 220 g/mol.